The Labute approximate surface area is 142 Å². The van der Waals surface area contributed by atoms with Gasteiger partial charge in [0.1, 0.15) is 11.5 Å². The Hall–Kier alpha value is -2.80. The number of benzene rings is 1. The molecule has 0 saturated heterocycles. The SMILES string of the molecule is Cc1oc(-c2ccccc2)nc1CSc1nnc(-c2ccc[nH]2)o1. The Balaban J connectivity index is 1.48. The second-order valence-corrected chi connectivity index (χ2v) is 6.06. The van der Waals surface area contributed by atoms with Crippen LogP contribution in [0.25, 0.3) is 23.0 Å². The van der Waals surface area contributed by atoms with E-state index in [1.54, 1.807) is 0 Å². The summed E-state index contributed by atoms with van der Waals surface area (Å²) in [7, 11) is 0. The van der Waals surface area contributed by atoms with Gasteiger partial charge in [0.05, 0.1) is 5.69 Å². The molecule has 120 valence electrons. The van der Waals surface area contributed by atoms with E-state index in [4.69, 9.17) is 8.83 Å². The molecule has 0 aliphatic rings. The van der Waals surface area contributed by atoms with E-state index in [9.17, 15) is 0 Å². The van der Waals surface area contributed by atoms with Crippen LogP contribution in [0.5, 0.6) is 0 Å². The number of H-pyrrole nitrogens is 1. The molecule has 0 unspecified atom stereocenters. The van der Waals surface area contributed by atoms with Gasteiger partial charge in [0, 0.05) is 17.5 Å². The van der Waals surface area contributed by atoms with Crippen LogP contribution in [-0.4, -0.2) is 20.2 Å². The molecule has 1 N–H and O–H groups in total. The summed E-state index contributed by atoms with van der Waals surface area (Å²) < 4.78 is 11.4. The van der Waals surface area contributed by atoms with Gasteiger partial charge in [-0.05, 0) is 31.2 Å². The third kappa shape index (κ3) is 2.98. The standard InChI is InChI=1S/C17H14N4O2S/c1-11-14(19-15(22-11)12-6-3-2-4-7-12)10-24-17-21-20-16(23-17)13-8-5-9-18-13/h2-9,18H,10H2,1H3. The van der Waals surface area contributed by atoms with Crippen LogP contribution in [0.2, 0.25) is 0 Å². The minimum Gasteiger partial charge on any atom is -0.441 e. The average molecular weight is 338 g/mol. The zero-order valence-corrected chi connectivity index (χ0v) is 13.7. The highest BCUT2D eigenvalue weighted by Crippen LogP contribution is 2.28. The molecule has 0 fully saturated rings. The maximum Gasteiger partial charge on any atom is 0.277 e. The van der Waals surface area contributed by atoms with Crippen molar-refractivity contribution in [2.24, 2.45) is 0 Å². The van der Waals surface area contributed by atoms with Crippen molar-refractivity contribution in [2.75, 3.05) is 0 Å². The maximum absolute atomic E-state index is 5.76. The van der Waals surface area contributed by atoms with Gasteiger partial charge < -0.3 is 13.8 Å². The highest BCUT2D eigenvalue weighted by atomic mass is 32.2. The van der Waals surface area contributed by atoms with E-state index in [0.29, 0.717) is 22.8 Å². The summed E-state index contributed by atoms with van der Waals surface area (Å²) in [6, 6.07) is 13.6. The van der Waals surface area contributed by atoms with Gasteiger partial charge >= 0.3 is 0 Å². The monoisotopic (exact) mass is 338 g/mol. The van der Waals surface area contributed by atoms with E-state index in [-0.39, 0.29) is 0 Å². The number of nitrogens with one attached hydrogen (secondary N) is 1. The number of rotatable bonds is 5. The van der Waals surface area contributed by atoms with Gasteiger partial charge in [0.2, 0.25) is 5.89 Å². The van der Waals surface area contributed by atoms with E-state index in [1.165, 1.54) is 11.8 Å². The lowest BCUT2D eigenvalue weighted by molar-refractivity contribution is 0.464. The fraction of sp³-hybridized carbons (Fsp3) is 0.118. The zero-order valence-electron chi connectivity index (χ0n) is 12.9. The van der Waals surface area contributed by atoms with Crippen molar-refractivity contribution in [3.8, 4) is 23.0 Å². The second-order valence-electron chi connectivity index (χ2n) is 5.13. The lowest BCUT2D eigenvalue weighted by Gasteiger charge is -1.93. The Morgan fingerprint density at radius 2 is 1.88 bits per heavy atom. The average Bonchev–Trinajstić information content (AvgIpc) is 3.34. The van der Waals surface area contributed by atoms with E-state index in [0.717, 1.165) is 22.7 Å². The number of oxazole rings is 1. The summed E-state index contributed by atoms with van der Waals surface area (Å²) in [4.78, 5) is 7.61. The van der Waals surface area contributed by atoms with Gasteiger partial charge in [0.15, 0.2) is 0 Å². The molecule has 7 heteroatoms. The number of thioether (sulfide) groups is 1. The number of aromatic nitrogens is 4. The number of nitrogens with zero attached hydrogens (tertiary/aromatic N) is 3. The predicted molar refractivity (Wildman–Crippen MR) is 90.3 cm³/mol. The molecule has 4 aromatic rings. The fourth-order valence-corrected chi connectivity index (χ4v) is 3.00. The topological polar surface area (TPSA) is 80.7 Å². The molecule has 1 aromatic carbocycles. The van der Waals surface area contributed by atoms with Crippen LogP contribution in [0.15, 0.2) is 62.7 Å². The maximum atomic E-state index is 5.76. The van der Waals surface area contributed by atoms with Gasteiger partial charge in [-0.3, -0.25) is 0 Å². The number of hydrogen-bond donors (Lipinski definition) is 1. The van der Waals surface area contributed by atoms with Crippen molar-refractivity contribution in [2.45, 2.75) is 17.9 Å². The van der Waals surface area contributed by atoms with Crippen LogP contribution in [-0.2, 0) is 5.75 Å². The van der Waals surface area contributed by atoms with Crippen molar-refractivity contribution in [1.82, 2.24) is 20.2 Å². The van der Waals surface area contributed by atoms with Crippen molar-refractivity contribution in [3.63, 3.8) is 0 Å². The lowest BCUT2D eigenvalue weighted by Crippen LogP contribution is -1.84. The first-order valence-electron chi connectivity index (χ1n) is 7.41. The Morgan fingerprint density at radius 1 is 1.00 bits per heavy atom. The van der Waals surface area contributed by atoms with Crippen molar-refractivity contribution in [1.29, 1.82) is 0 Å². The number of aryl methyl sites for hydroxylation is 1. The van der Waals surface area contributed by atoms with Crippen LogP contribution in [0.3, 0.4) is 0 Å². The molecule has 6 nitrogen and oxygen atoms in total. The molecule has 0 bridgehead atoms. The van der Waals surface area contributed by atoms with Crippen LogP contribution in [0.4, 0.5) is 0 Å². The molecule has 3 aromatic heterocycles. The molecule has 0 radical (unpaired) electrons. The fourth-order valence-electron chi connectivity index (χ4n) is 2.24. The molecule has 0 aliphatic heterocycles. The van der Waals surface area contributed by atoms with Gasteiger partial charge in [-0.25, -0.2) is 4.98 Å². The summed E-state index contributed by atoms with van der Waals surface area (Å²) in [5.74, 6) is 2.50. The van der Waals surface area contributed by atoms with E-state index >= 15 is 0 Å². The summed E-state index contributed by atoms with van der Waals surface area (Å²) in [5.41, 5.74) is 2.64. The summed E-state index contributed by atoms with van der Waals surface area (Å²) >= 11 is 1.44. The second kappa shape index (κ2) is 6.37. The molecular weight excluding hydrogens is 324 g/mol. The Bertz CT molecular complexity index is 929. The first-order valence-corrected chi connectivity index (χ1v) is 8.40. The minimum absolute atomic E-state index is 0.476. The summed E-state index contributed by atoms with van der Waals surface area (Å²) in [6.45, 7) is 1.91. The van der Waals surface area contributed by atoms with Crippen molar-refractivity contribution >= 4 is 11.8 Å². The lowest BCUT2D eigenvalue weighted by atomic mass is 10.2. The Morgan fingerprint density at radius 3 is 2.67 bits per heavy atom. The molecule has 0 atom stereocenters. The van der Waals surface area contributed by atoms with Gasteiger partial charge in [-0.15, -0.1) is 10.2 Å². The van der Waals surface area contributed by atoms with Gasteiger partial charge in [0.25, 0.3) is 11.1 Å². The third-order valence-electron chi connectivity index (χ3n) is 3.48. The van der Waals surface area contributed by atoms with Gasteiger partial charge in [-0.2, -0.15) is 0 Å². The quantitative estimate of drug-likeness (QED) is 0.546. The summed E-state index contributed by atoms with van der Waals surface area (Å²) in [5, 5.41) is 8.59. The normalized spacial score (nSPS) is 11.0. The Kier molecular flexibility index (Phi) is 3.92. The molecular formula is C17H14N4O2S. The molecule has 0 saturated carbocycles. The zero-order chi connectivity index (χ0) is 16.4. The number of hydrogen-bond acceptors (Lipinski definition) is 6. The molecule has 0 amide bonds. The predicted octanol–water partition coefficient (Wildman–Crippen LogP) is 4.32. The first-order chi connectivity index (χ1) is 11.8. The molecule has 0 aliphatic carbocycles. The minimum atomic E-state index is 0.476. The molecule has 24 heavy (non-hydrogen) atoms. The number of aromatic amines is 1. The third-order valence-corrected chi connectivity index (χ3v) is 4.31. The largest absolute Gasteiger partial charge is 0.441 e. The van der Waals surface area contributed by atoms with E-state index in [2.05, 4.69) is 20.2 Å². The highest BCUT2D eigenvalue weighted by molar-refractivity contribution is 7.98. The first kappa shape index (κ1) is 14.8. The highest BCUT2D eigenvalue weighted by Gasteiger charge is 2.14. The molecule has 4 rings (SSSR count). The van der Waals surface area contributed by atoms with Gasteiger partial charge in [-0.1, -0.05) is 30.0 Å². The van der Waals surface area contributed by atoms with Crippen LogP contribution < -0.4 is 0 Å². The van der Waals surface area contributed by atoms with Crippen LogP contribution in [0, 0.1) is 6.92 Å². The van der Waals surface area contributed by atoms with E-state index in [1.807, 2.05) is 55.6 Å². The summed E-state index contributed by atoms with van der Waals surface area (Å²) in [6.07, 6.45) is 1.82. The van der Waals surface area contributed by atoms with Crippen molar-refractivity contribution < 1.29 is 8.83 Å². The molecule has 0 spiro atoms. The van der Waals surface area contributed by atoms with E-state index < -0.39 is 0 Å². The molecule has 3 heterocycles. The van der Waals surface area contributed by atoms with Crippen LogP contribution in [0.1, 0.15) is 11.5 Å². The smallest absolute Gasteiger partial charge is 0.277 e. The van der Waals surface area contributed by atoms with Crippen molar-refractivity contribution in [3.05, 3.63) is 60.1 Å². The van der Waals surface area contributed by atoms with Crippen LogP contribution >= 0.6 is 11.8 Å².